The SMILES string of the molecule is Cc1nc2c(C)cc(-c3ccc4c(c3)CNCCO4)cc2[nH]1. The lowest BCUT2D eigenvalue weighted by Crippen LogP contribution is -2.16. The van der Waals surface area contributed by atoms with Gasteiger partial charge in [-0.1, -0.05) is 6.07 Å². The number of aromatic nitrogens is 2. The van der Waals surface area contributed by atoms with Crippen molar-refractivity contribution < 1.29 is 4.74 Å². The molecule has 0 spiro atoms. The number of benzene rings is 2. The van der Waals surface area contributed by atoms with E-state index in [-0.39, 0.29) is 0 Å². The largest absolute Gasteiger partial charge is 0.492 e. The van der Waals surface area contributed by atoms with E-state index in [9.17, 15) is 0 Å². The van der Waals surface area contributed by atoms with Crippen LogP contribution in [-0.4, -0.2) is 23.1 Å². The van der Waals surface area contributed by atoms with Crippen molar-refractivity contribution in [1.29, 1.82) is 0 Å². The molecule has 2 heterocycles. The molecule has 1 aliphatic heterocycles. The Bertz CT molecular complexity index is 851. The van der Waals surface area contributed by atoms with Gasteiger partial charge >= 0.3 is 0 Å². The number of hydrogen-bond acceptors (Lipinski definition) is 3. The third-order valence-corrected chi connectivity index (χ3v) is 4.14. The van der Waals surface area contributed by atoms with Gasteiger partial charge in [0.05, 0.1) is 11.0 Å². The van der Waals surface area contributed by atoms with Crippen LogP contribution < -0.4 is 10.1 Å². The van der Waals surface area contributed by atoms with E-state index in [0.717, 1.165) is 42.3 Å². The predicted molar refractivity (Wildman–Crippen MR) is 88.2 cm³/mol. The van der Waals surface area contributed by atoms with Crippen LogP contribution in [0.2, 0.25) is 0 Å². The van der Waals surface area contributed by atoms with Crippen molar-refractivity contribution in [2.75, 3.05) is 13.2 Å². The van der Waals surface area contributed by atoms with Crippen molar-refractivity contribution in [3.63, 3.8) is 0 Å². The number of hydrogen-bond donors (Lipinski definition) is 2. The molecule has 0 amide bonds. The van der Waals surface area contributed by atoms with Crippen molar-refractivity contribution in [2.24, 2.45) is 0 Å². The number of nitrogens with zero attached hydrogens (tertiary/aromatic N) is 1. The summed E-state index contributed by atoms with van der Waals surface area (Å²) in [6.07, 6.45) is 0. The van der Waals surface area contributed by atoms with Gasteiger partial charge in [0.15, 0.2) is 0 Å². The van der Waals surface area contributed by atoms with Gasteiger partial charge in [-0.15, -0.1) is 0 Å². The molecular weight excluding hydrogens is 274 g/mol. The summed E-state index contributed by atoms with van der Waals surface area (Å²) in [5, 5.41) is 3.39. The average molecular weight is 293 g/mol. The van der Waals surface area contributed by atoms with Crippen molar-refractivity contribution in [3.8, 4) is 16.9 Å². The van der Waals surface area contributed by atoms with Crippen LogP contribution >= 0.6 is 0 Å². The quantitative estimate of drug-likeness (QED) is 0.723. The molecule has 112 valence electrons. The lowest BCUT2D eigenvalue weighted by atomic mass is 10.00. The van der Waals surface area contributed by atoms with E-state index in [0.29, 0.717) is 0 Å². The minimum Gasteiger partial charge on any atom is -0.492 e. The topological polar surface area (TPSA) is 49.9 Å². The standard InChI is InChI=1S/C18H19N3O/c1-11-7-14(9-16-18(11)21-12(2)20-16)13-3-4-17-15(8-13)10-19-5-6-22-17/h3-4,7-9,19H,5-6,10H2,1-2H3,(H,20,21). The van der Waals surface area contributed by atoms with Crippen LogP contribution in [0, 0.1) is 13.8 Å². The summed E-state index contributed by atoms with van der Waals surface area (Å²) in [4.78, 5) is 7.88. The summed E-state index contributed by atoms with van der Waals surface area (Å²) < 4.78 is 5.76. The van der Waals surface area contributed by atoms with Crippen LogP contribution in [0.25, 0.3) is 22.2 Å². The van der Waals surface area contributed by atoms with E-state index in [1.165, 1.54) is 22.3 Å². The first-order chi connectivity index (χ1) is 10.7. The number of fused-ring (bicyclic) bond motifs is 2. The first-order valence-corrected chi connectivity index (χ1v) is 7.64. The summed E-state index contributed by atoms with van der Waals surface area (Å²) in [5.41, 5.74) is 6.98. The van der Waals surface area contributed by atoms with Gasteiger partial charge in [-0.05, 0) is 54.8 Å². The lowest BCUT2D eigenvalue weighted by Gasteiger charge is -2.10. The molecule has 4 nitrogen and oxygen atoms in total. The fourth-order valence-corrected chi connectivity index (χ4v) is 3.07. The number of aromatic amines is 1. The molecular formula is C18H19N3O. The van der Waals surface area contributed by atoms with Crippen molar-refractivity contribution in [2.45, 2.75) is 20.4 Å². The van der Waals surface area contributed by atoms with Crippen LogP contribution in [0.3, 0.4) is 0 Å². The van der Waals surface area contributed by atoms with Crippen LogP contribution in [0.4, 0.5) is 0 Å². The number of imidazole rings is 1. The Morgan fingerprint density at radius 1 is 1.09 bits per heavy atom. The van der Waals surface area contributed by atoms with Gasteiger partial charge in [0.2, 0.25) is 0 Å². The molecule has 0 bridgehead atoms. The first-order valence-electron chi connectivity index (χ1n) is 7.64. The van der Waals surface area contributed by atoms with Crippen LogP contribution in [0.1, 0.15) is 17.0 Å². The summed E-state index contributed by atoms with van der Waals surface area (Å²) in [6.45, 7) is 6.58. The van der Waals surface area contributed by atoms with Gasteiger partial charge in [-0.2, -0.15) is 0 Å². The highest BCUT2D eigenvalue weighted by Gasteiger charge is 2.11. The van der Waals surface area contributed by atoms with Crippen LogP contribution in [0.15, 0.2) is 30.3 Å². The molecule has 3 aromatic rings. The number of H-pyrrole nitrogens is 1. The van der Waals surface area contributed by atoms with E-state index in [4.69, 9.17) is 4.74 Å². The molecule has 0 unspecified atom stereocenters. The molecule has 0 aliphatic carbocycles. The van der Waals surface area contributed by atoms with E-state index < -0.39 is 0 Å². The Morgan fingerprint density at radius 3 is 2.91 bits per heavy atom. The molecule has 1 aliphatic rings. The van der Waals surface area contributed by atoms with E-state index in [1.807, 2.05) is 6.92 Å². The van der Waals surface area contributed by atoms with E-state index >= 15 is 0 Å². The summed E-state index contributed by atoms with van der Waals surface area (Å²) in [7, 11) is 0. The third-order valence-electron chi connectivity index (χ3n) is 4.14. The fraction of sp³-hybridized carbons (Fsp3) is 0.278. The maximum absolute atomic E-state index is 5.76. The smallest absolute Gasteiger partial charge is 0.123 e. The highest BCUT2D eigenvalue weighted by molar-refractivity contribution is 5.85. The highest BCUT2D eigenvalue weighted by Crippen LogP contribution is 2.30. The Balaban J connectivity index is 1.83. The van der Waals surface area contributed by atoms with Gasteiger partial charge in [-0.3, -0.25) is 0 Å². The van der Waals surface area contributed by atoms with Gasteiger partial charge in [0.25, 0.3) is 0 Å². The van der Waals surface area contributed by atoms with Crippen LogP contribution in [0.5, 0.6) is 5.75 Å². The zero-order chi connectivity index (χ0) is 15.1. The number of aryl methyl sites for hydroxylation is 2. The van der Waals surface area contributed by atoms with Gasteiger partial charge < -0.3 is 15.0 Å². The third kappa shape index (κ3) is 2.25. The first kappa shape index (κ1) is 13.3. The molecule has 0 fully saturated rings. The Kier molecular flexibility index (Phi) is 3.12. The second kappa shape index (κ2) is 5.14. The summed E-state index contributed by atoms with van der Waals surface area (Å²) in [6, 6.07) is 10.8. The molecule has 22 heavy (non-hydrogen) atoms. The average Bonchev–Trinajstić information content (AvgIpc) is 2.74. The molecule has 4 rings (SSSR count). The minimum atomic E-state index is 0.727. The van der Waals surface area contributed by atoms with Gasteiger partial charge in [0.1, 0.15) is 18.2 Å². The maximum atomic E-state index is 5.76. The molecule has 2 N–H and O–H groups in total. The Hall–Kier alpha value is -2.33. The summed E-state index contributed by atoms with van der Waals surface area (Å²) in [5.74, 6) is 1.94. The van der Waals surface area contributed by atoms with Crippen molar-refractivity contribution in [3.05, 3.63) is 47.3 Å². The van der Waals surface area contributed by atoms with Gasteiger partial charge in [-0.25, -0.2) is 4.98 Å². The van der Waals surface area contributed by atoms with Gasteiger partial charge in [0, 0.05) is 18.7 Å². The maximum Gasteiger partial charge on any atom is 0.123 e. The zero-order valence-corrected chi connectivity index (χ0v) is 12.9. The van der Waals surface area contributed by atoms with E-state index in [1.54, 1.807) is 0 Å². The Morgan fingerprint density at radius 2 is 2.00 bits per heavy atom. The second-order valence-electron chi connectivity index (χ2n) is 5.86. The normalized spacial score (nSPS) is 14.5. The highest BCUT2D eigenvalue weighted by atomic mass is 16.5. The second-order valence-corrected chi connectivity index (χ2v) is 5.86. The molecule has 2 aromatic carbocycles. The fourth-order valence-electron chi connectivity index (χ4n) is 3.07. The molecule has 4 heteroatoms. The zero-order valence-electron chi connectivity index (χ0n) is 12.9. The number of ether oxygens (including phenoxy) is 1. The molecule has 0 saturated carbocycles. The van der Waals surface area contributed by atoms with Crippen molar-refractivity contribution >= 4 is 11.0 Å². The van der Waals surface area contributed by atoms with E-state index in [2.05, 4.69) is 52.5 Å². The molecule has 0 atom stereocenters. The molecule has 0 saturated heterocycles. The molecule has 1 aromatic heterocycles. The minimum absolute atomic E-state index is 0.727. The monoisotopic (exact) mass is 293 g/mol. The predicted octanol–water partition coefficient (Wildman–Crippen LogP) is 3.33. The molecule has 0 radical (unpaired) electrons. The van der Waals surface area contributed by atoms with Crippen LogP contribution in [-0.2, 0) is 6.54 Å². The van der Waals surface area contributed by atoms with Crippen molar-refractivity contribution in [1.82, 2.24) is 15.3 Å². The number of nitrogens with one attached hydrogen (secondary N) is 2. The Labute approximate surface area is 129 Å². The number of rotatable bonds is 1. The lowest BCUT2D eigenvalue weighted by molar-refractivity contribution is 0.326. The summed E-state index contributed by atoms with van der Waals surface area (Å²) >= 11 is 0.